The van der Waals surface area contributed by atoms with Gasteiger partial charge in [0.25, 0.3) is 0 Å². The van der Waals surface area contributed by atoms with Crippen LogP contribution < -0.4 is 4.90 Å². The van der Waals surface area contributed by atoms with Crippen molar-refractivity contribution in [1.82, 2.24) is 9.80 Å². The van der Waals surface area contributed by atoms with Crippen LogP contribution in [0.25, 0.3) is 0 Å². The number of hydrogen-bond donors (Lipinski definition) is 0. The van der Waals surface area contributed by atoms with Crippen molar-refractivity contribution >= 4 is 23.6 Å². The van der Waals surface area contributed by atoms with E-state index in [-0.39, 0.29) is 30.5 Å². The molecule has 26 heavy (non-hydrogen) atoms. The van der Waals surface area contributed by atoms with Gasteiger partial charge in [0.2, 0.25) is 11.8 Å². The maximum atomic E-state index is 12.6. The van der Waals surface area contributed by atoms with Gasteiger partial charge < -0.3 is 19.4 Å². The molecule has 7 heteroatoms. The Morgan fingerprint density at radius 3 is 2.31 bits per heavy atom. The van der Waals surface area contributed by atoms with Crippen LogP contribution in [0.15, 0.2) is 30.3 Å². The van der Waals surface area contributed by atoms with Crippen LogP contribution in [0, 0.1) is 0 Å². The Labute approximate surface area is 154 Å². The molecule has 7 nitrogen and oxygen atoms in total. The second kappa shape index (κ2) is 9.22. The first-order valence-electron chi connectivity index (χ1n) is 8.94. The summed E-state index contributed by atoms with van der Waals surface area (Å²) in [7, 11) is 1.71. The van der Waals surface area contributed by atoms with Crippen LogP contribution in [-0.2, 0) is 14.3 Å². The summed E-state index contributed by atoms with van der Waals surface area (Å²) in [6.07, 6.45) is 0.960. The van der Waals surface area contributed by atoms with E-state index >= 15 is 0 Å². The van der Waals surface area contributed by atoms with E-state index in [0.717, 1.165) is 5.69 Å². The van der Waals surface area contributed by atoms with E-state index < -0.39 is 0 Å². The van der Waals surface area contributed by atoms with Crippen molar-refractivity contribution in [2.24, 2.45) is 0 Å². The van der Waals surface area contributed by atoms with Crippen molar-refractivity contribution < 1.29 is 19.1 Å². The van der Waals surface area contributed by atoms with Gasteiger partial charge >= 0.3 is 6.09 Å². The van der Waals surface area contributed by atoms with Gasteiger partial charge in [-0.15, -0.1) is 0 Å². The van der Waals surface area contributed by atoms with E-state index in [1.807, 2.05) is 30.3 Å². The molecule has 2 rings (SSSR count). The van der Waals surface area contributed by atoms with E-state index in [2.05, 4.69) is 0 Å². The van der Waals surface area contributed by atoms with Gasteiger partial charge in [0.05, 0.1) is 6.61 Å². The number of likely N-dealkylation sites (tertiary alicyclic amines) is 1. The van der Waals surface area contributed by atoms with E-state index in [1.165, 1.54) is 6.92 Å². The topological polar surface area (TPSA) is 70.2 Å². The molecule has 1 aromatic carbocycles. The predicted octanol–water partition coefficient (Wildman–Crippen LogP) is 2.12. The molecule has 0 aliphatic carbocycles. The Hall–Kier alpha value is -2.57. The Kier molecular flexibility index (Phi) is 7.00. The molecule has 0 spiro atoms. The Balaban J connectivity index is 1.96. The number of carbonyl (C=O) groups excluding carboxylic acids is 3. The van der Waals surface area contributed by atoms with Gasteiger partial charge in [0, 0.05) is 38.8 Å². The van der Waals surface area contributed by atoms with Crippen LogP contribution in [0.5, 0.6) is 0 Å². The molecule has 0 radical (unpaired) electrons. The third-order valence-electron chi connectivity index (χ3n) is 4.66. The summed E-state index contributed by atoms with van der Waals surface area (Å²) in [6, 6.07) is 9.29. The maximum absolute atomic E-state index is 12.6. The first-order valence-corrected chi connectivity index (χ1v) is 8.94. The number of anilines is 1. The van der Waals surface area contributed by atoms with Crippen molar-refractivity contribution in [3.63, 3.8) is 0 Å². The zero-order chi connectivity index (χ0) is 19.1. The number of carbonyl (C=O) groups is 3. The first kappa shape index (κ1) is 19.8. The Morgan fingerprint density at radius 1 is 1.15 bits per heavy atom. The number of piperidine rings is 1. The second-order valence-corrected chi connectivity index (χ2v) is 6.35. The third kappa shape index (κ3) is 4.97. The predicted molar refractivity (Wildman–Crippen MR) is 98.9 cm³/mol. The molecule has 1 heterocycles. The van der Waals surface area contributed by atoms with E-state index in [1.54, 1.807) is 28.7 Å². The molecule has 0 saturated carbocycles. The molecule has 1 aliphatic heterocycles. The monoisotopic (exact) mass is 361 g/mol. The number of nitrogens with zero attached hydrogens (tertiary/aromatic N) is 3. The van der Waals surface area contributed by atoms with E-state index in [4.69, 9.17) is 4.74 Å². The largest absolute Gasteiger partial charge is 0.450 e. The Bertz CT molecular complexity index is 627. The SMILES string of the molecule is CCOC(=O)N1CCC(N(CC(=O)N(C)c2ccccc2)C(C)=O)CC1. The lowest BCUT2D eigenvalue weighted by molar-refractivity contribution is -0.136. The average Bonchev–Trinajstić information content (AvgIpc) is 2.66. The van der Waals surface area contributed by atoms with Crippen LogP contribution in [0.1, 0.15) is 26.7 Å². The summed E-state index contributed by atoms with van der Waals surface area (Å²) < 4.78 is 5.02. The highest BCUT2D eigenvalue weighted by Crippen LogP contribution is 2.19. The fraction of sp³-hybridized carbons (Fsp3) is 0.526. The zero-order valence-electron chi connectivity index (χ0n) is 15.7. The minimum atomic E-state index is -0.319. The highest BCUT2D eigenvalue weighted by molar-refractivity contribution is 5.96. The molecule has 1 saturated heterocycles. The van der Waals surface area contributed by atoms with Crippen molar-refractivity contribution in [3.8, 4) is 0 Å². The fourth-order valence-electron chi connectivity index (χ4n) is 3.12. The number of rotatable bonds is 5. The number of likely N-dealkylation sites (N-methyl/N-ethyl adjacent to an activating group) is 1. The van der Waals surface area contributed by atoms with Gasteiger partial charge in [0.15, 0.2) is 0 Å². The summed E-state index contributed by atoms with van der Waals surface area (Å²) in [5, 5.41) is 0. The molecule has 1 aliphatic rings. The quantitative estimate of drug-likeness (QED) is 0.805. The molecule has 0 atom stereocenters. The lowest BCUT2D eigenvalue weighted by Gasteiger charge is -2.37. The van der Waals surface area contributed by atoms with Gasteiger partial charge in [-0.05, 0) is 31.9 Å². The lowest BCUT2D eigenvalue weighted by Crippen LogP contribution is -2.51. The average molecular weight is 361 g/mol. The van der Waals surface area contributed by atoms with Gasteiger partial charge in [-0.3, -0.25) is 9.59 Å². The van der Waals surface area contributed by atoms with Crippen molar-refractivity contribution in [3.05, 3.63) is 30.3 Å². The summed E-state index contributed by atoms with van der Waals surface area (Å²) in [4.78, 5) is 41.3. The summed E-state index contributed by atoms with van der Waals surface area (Å²) in [5.41, 5.74) is 0.790. The second-order valence-electron chi connectivity index (χ2n) is 6.35. The first-order chi connectivity index (χ1) is 12.4. The molecule has 0 unspecified atom stereocenters. The van der Waals surface area contributed by atoms with E-state index in [0.29, 0.717) is 32.5 Å². The number of hydrogen-bond acceptors (Lipinski definition) is 4. The Morgan fingerprint density at radius 2 is 1.77 bits per heavy atom. The highest BCUT2D eigenvalue weighted by Gasteiger charge is 2.30. The standard InChI is InChI=1S/C19H27N3O4/c1-4-26-19(25)21-12-10-17(11-13-21)22(15(2)23)14-18(24)20(3)16-8-6-5-7-9-16/h5-9,17H,4,10-14H2,1-3H3. The molecule has 0 N–H and O–H groups in total. The molecule has 3 amide bonds. The van der Waals surface area contributed by atoms with Gasteiger partial charge in [-0.2, -0.15) is 0 Å². The van der Waals surface area contributed by atoms with Crippen LogP contribution in [-0.4, -0.2) is 67.0 Å². The van der Waals surface area contributed by atoms with Crippen LogP contribution in [0.3, 0.4) is 0 Å². The summed E-state index contributed by atoms with van der Waals surface area (Å²) in [5.74, 6) is -0.270. The minimum Gasteiger partial charge on any atom is -0.450 e. The van der Waals surface area contributed by atoms with Gasteiger partial charge in [-0.25, -0.2) is 4.79 Å². The highest BCUT2D eigenvalue weighted by atomic mass is 16.6. The van der Waals surface area contributed by atoms with Gasteiger partial charge in [0.1, 0.15) is 6.54 Å². The van der Waals surface area contributed by atoms with Gasteiger partial charge in [-0.1, -0.05) is 18.2 Å². The molecule has 0 bridgehead atoms. The van der Waals surface area contributed by atoms with Crippen molar-refractivity contribution in [2.75, 3.05) is 38.2 Å². The van der Waals surface area contributed by atoms with Crippen molar-refractivity contribution in [1.29, 1.82) is 0 Å². The molecule has 1 fully saturated rings. The number of ether oxygens (including phenoxy) is 1. The summed E-state index contributed by atoms with van der Waals surface area (Å²) in [6.45, 7) is 4.68. The van der Waals surface area contributed by atoms with E-state index in [9.17, 15) is 14.4 Å². The van der Waals surface area contributed by atoms with Crippen LogP contribution in [0.4, 0.5) is 10.5 Å². The summed E-state index contributed by atoms with van der Waals surface area (Å²) >= 11 is 0. The zero-order valence-corrected chi connectivity index (χ0v) is 15.7. The molecular formula is C19H27N3O4. The number of para-hydroxylation sites is 1. The minimum absolute atomic E-state index is 0.0325. The maximum Gasteiger partial charge on any atom is 0.409 e. The van der Waals surface area contributed by atoms with Crippen LogP contribution >= 0.6 is 0 Å². The normalized spacial score (nSPS) is 14.7. The lowest BCUT2D eigenvalue weighted by atomic mass is 10.0. The number of benzene rings is 1. The smallest absolute Gasteiger partial charge is 0.409 e. The number of amides is 3. The molecule has 1 aromatic rings. The fourth-order valence-corrected chi connectivity index (χ4v) is 3.12. The van der Waals surface area contributed by atoms with Crippen molar-refractivity contribution in [2.45, 2.75) is 32.7 Å². The van der Waals surface area contributed by atoms with Crippen LogP contribution in [0.2, 0.25) is 0 Å². The molecule has 142 valence electrons. The molecular weight excluding hydrogens is 334 g/mol. The molecule has 0 aromatic heterocycles. The third-order valence-corrected chi connectivity index (χ3v) is 4.66.